The van der Waals surface area contributed by atoms with Gasteiger partial charge in [0.2, 0.25) is 0 Å². The lowest BCUT2D eigenvalue weighted by molar-refractivity contribution is -0.140. The number of hydrogen-bond donors (Lipinski definition) is 3. The van der Waals surface area contributed by atoms with E-state index in [0.717, 1.165) is 6.07 Å². The molecular weight excluding hydrogens is 293 g/mol. The van der Waals surface area contributed by atoms with Crippen LogP contribution in [0.3, 0.4) is 0 Å². The smallest absolute Gasteiger partial charge is 0.435 e. The molecule has 110 valence electrons. The summed E-state index contributed by atoms with van der Waals surface area (Å²) in [4.78, 5) is 22.0. The summed E-state index contributed by atoms with van der Waals surface area (Å²) in [5.41, 5.74) is -3.47. The maximum Gasteiger partial charge on any atom is 0.435 e. The van der Waals surface area contributed by atoms with Gasteiger partial charge in [0.25, 0.3) is 5.56 Å². The first-order valence-electron chi connectivity index (χ1n) is 5.42. The average Bonchev–Trinajstić information content (AvgIpc) is 2.78. The minimum Gasteiger partial charge on any atom is -0.478 e. The maximum atomic E-state index is 12.6. The number of aromatic nitrogens is 2. The zero-order valence-electron chi connectivity index (χ0n) is 10.1. The minimum atomic E-state index is -4.80. The summed E-state index contributed by atoms with van der Waals surface area (Å²) in [5.74, 6) is -1.22. The standard InChI is InChI=1S/C11H7F3N4O3/c12-11(13,14)8-7(9(19)18-17-8)16-15-6-3-1-2-5(4-6)10(20)21/h1-4H,(H,20,21)(H2,17,18,19). The zero-order chi connectivity index (χ0) is 15.6. The van der Waals surface area contributed by atoms with Crippen molar-refractivity contribution in [3.63, 3.8) is 0 Å². The SMILES string of the molecule is O=C(O)c1cccc(N=Nc2c(C(F)(F)F)[nH][nH]c2=O)c1. The quantitative estimate of drug-likeness (QED) is 0.758. The van der Waals surface area contributed by atoms with E-state index in [1.54, 1.807) is 10.2 Å². The third-order valence-corrected chi connectivity index (χ3v) is 2.39. The third-order valence-electron chi connectivity index (χ3n) is 2.39. The predicted molar refractivity (Wildman–Crippen MR) is 64.0 cm³/mol. The van der Waals surface area contributed by atoms with Gasteiger partial charge in [-0.25, -0.2) is 4.79 Å². The Balaban J connectivity index is 2.39. The van der Waals surface area contributed by atoms with Crippen LogP contribution in [0, 0.1) is 0 Å². The number of nitrogens with zero attached hydrogens (tertiary/aromatic N) is 2. The largest absolute Gasteiger partial charge is 0.478 e. The van der Waals surface area contributed by atoms with Gasteiger partial charge >= 0.3 is 12.1 Å². The molecule has 0 bridgehead atoms. The molecule has 0 saturated heterocycles. The molecule has 0 radical (unpaired) electrons. The number of carbonyl (C=O) groups is 1. The second kappa shape index (κ2) is 5.23. The number of hydrogen-bond acceptors (Lipinski definition) is 4. The Morgan fingerprint density at radius 2 is 1.90 bits per heavy atom. The van der Waals surface area contributed by atoms with Gasteiger partial charge < -0.3 is 5.11 Å². The Morgan fingerprint density at radius 3 is 2.52 bits per heavy atom. The van der Waals surface area contributed by atoms with Gasteiger partial charge in [-0.3, -0.25) is 15.0 Å². The van der Waals surface area contributed by atoms with E-state index >= 15 is 0 Å². The number of nitrogens with one attached hydrogen (secondary N) is 2. The van der Waals surface area contributed by atoms with E-state index in [0.29, 0.717) is 0 Å². The summed E-state index contributed by atoms with van der Waals surface area (Å²) in [6, 6.07) is 5.08. The molecule has 1 aromatic carbocycles. The predicted octanol–water partition coefficient (Wildman–Crippen LogP) is 2.84. The van der Waals surface area contributed by atoms with Crippen LogP contribution in [0.2, 0.25) is 0 Å². The number of alkyl halides is 3. The van der Waals surface area contributed by atoms with Crippen molar-refractivity contribution in [3.8, 4) is 0 Å². The van der Waals surface area contributed by atoms with Crippen molar-refractivity contribution >= 4 is 17.3 Å². The molecule has 0 unspecified atom stereocenters. The van der Waals surface area contributed by atoms with Crippen LogP contribution in [0.5, 0.6) is 0 Å². The number of H-pyrrole nitrogens is 2. The van der Waals surface area contributed by atoms with Crippen molar-refractivity contribution in [3.05, 3.63) is 45.9 Å². The van der Waals surface area contributed by atoms with Crippen LogP contribution < -0.4 is 5.56 Å². The Bertz CT molecular complexity index is 761. The Morgan fingerprint density at radius 1 is 1.19 bits per heavy atom. The van der Waals surface area contributed by atoms with Crippen molar-refractivity contribution in [1.29, 1.82) is 0 Å². The van der Waals surface area contributed by atoms with E-state index in [-0.39, 0.29) is 11.3 Å². The monoisotopic (exact) mass is 300 g/mol. The van der Waals surface area contributed by atoms with Gasteiger partial charge in [-0.15, -0.1) is 5.11 Å². The van der Waals surface area contributed by atoms with Gasteiger partial charge in [0.05, 0.1) is 11.3 Å². The Labute approximate surface area is 114 Å². The third kappa shape index (κ3) is 3.16. The van der Waals surface area contributed by atoms with Gasteiger partial charge in [0, 0.05) is 0 Å². The van der Waals surface area contributed by atoms with Gasteiger partial charge in [-0.1, -0.05) is 6.07 Å². The molecule has 1 heterocycles. The summed E-state index contributed by atoms with van der Waals surface area (Å²) in [6.07, 6.45) is -4.80. The van der Waals surface area contributed by atoms with E-state index in [4.69, 9.17) is 5.11 Å². The number of carboxylic acid groups (broad SMARTS) is 1. The number of aromatic carboxylic acids is 1. The van der Waals surface area contributed by atoms with Crippen molar-refractivity contribution in [1.82, 2.24) is 10.2 Å². The summed E-state index contributed by atoms with van der Waals surface area (Å²) >= 11 is 0. The molecule has 0 fully saturated rings. The van der Waals surface area contributed by atoms with E-state index in [1.165, 1.54) is 18.2 Å². The number of aromatic amines is 2. The molecule has 0 amide bonds. The molecule has 0 saturated carbocycles. The van der Waals surface area contributed by atoms with Crippen molar-refractivity contribution in [2.45, 2.75) is 6.18 Å². The van der Waals surface area contributed by atoms with Crippen LogP contribution in [0.1, 0.15) is 16.1 Å². The molecule has 2 aromatic rings. The molecule has 0 aliphatic heterocycles. The Hall–Kier alpha value is -2.91. The molecule has 1 aromatic heterocycles. The lowest BCUT2D eigenvalue weighted by Crippen LogP contribution is -2.06. The summed E-state index contributed by atoms with van der Waals surface area (Å²) in [6.45, 7) is 0. The zero-order valence-corrected chi connectivity index (χ0v) is 10.1. The number of halogens is 3. The number of rotatable bonds is 3. The molecule has 21 heavy (non-hydrogen) atoms. The van der Waals surface area contributed by atoms with Gasteiger partial charge in [0.1, 0.15) is 0 Å². The molecule has 0 spiro atoms. The van der Waals surface area contributed by atoms with E-state index in [2.05, 4.69) is 10.2 Å². The summed E-state index contributed by atoms with van der Waals surface area (Å²) in [5, 5.41) is 18.9. The highest BCUT2D eigenvalue weighted by molar-refractivity contribution is 5.88. The number of benzene rings is 1. The van der Waals surface area contributed by atoms with Crippen LogP contribution in [0.15, 0.2) is 39.3 Å². The highest BCUT2D eigenvalue weighted by Gasteiger charge is 2.37. The average molecular weight is 300 g/mol. The van der Waals surface area contributed by atoms with E-state index in [1.807, 2.05) is 0 Å². The second-order valence-corrected chi connectivity index (χ2v) is 3.86. The van der Waals surface area contributed by atoms with Crippen molar-refractivity contribution in [2.75, 3.05) is 0 Å². The van der Waals surface area contributed by atoms with E-state index in [9.17, 15) is 22.8 Å². The van der Waals surface area contributed by atoms with Gasteiger partial charge in [-0.05, 0) is 18.2 Å². The molecule has 10 heteroatoms. The van der Waals surface area contributed by atoms with Crippen LogP contribution in [0.25, 0.3) is 0 Å². The normalized spacial score (nSPS) is 12.0. The fraction of sp³-hybridized carbons (Fsp3) is 0.0909. The van der Waals surface area contributed by atoms with Crippen LogP contribution in [-0.4, -0.2) is 21.3 Å². The highest BCUT2D eigenvalue weighted by Crippen LogP contribution is 2.33. The second-order valence-electron chi connectivity index (χ2n) is 3.86. The molecule has 2 rings (SSSR count). The fourth-order valence-electron chi connectivity index (χ4n) is 1.46. The van der Waals surface area contributed by atoms with Crippen LogP contribution in [-0.2, 0) is 6.18 Å². The fourth-order valence-corrected chi connectivity index (χ4v) is 1.46. The summed E-state index contributed by atoms with van der Waals surface area (Å²) < 4.78 is 37.8. The molecule has 3 N–H and O–H groups in total. The minimum absolute atomic E-state index is 0.00336. The van der Waals surface area contributed by atoms with E-state index < -0.39 is 29.1 Å². The van der Waals surface area contributed by atoms with Crippen molar-refractivity contribution < 1.29 is 23.1 Å². The first-order chi connectivity index (χ1) is 9.79. The van der Waals surface area contributed by atoms with Crippen molar-refractivity contribution in [2.24, 2.45) is 10.2 Å². The lowest BCUT2D eigenvalue weighted by atomic mass is 10.2. The molecule has 0 atom stereocenters. The summed E-state index contributed by atoms with van der Waals surface area (Å²) in [7, 11) is 0. The molecule has 0 aliphatic rings. The highest BCUT2D eigenvalue weighted by atomic mass is 19.4. The number of azo groups is 1. The molecular formula is C11H7F3N4O3. The van der Waals surface area contributed by atoms with Gasteiger partial charge in [0.15, 0.2) is 11.4 Å². The lowest BCUT2D eigenvalue weighted by Gasteiger charge is -2.02. The van der Waals surface area contributed by atoms with Gasteiger partial charge in [-0.2, -0.15) is 18.3 Å². The number of carboxylic acids is 1. The first kappa shape index (κ1) is 14.5. The molecule has 0 aliphatic carbocycles. The maximum absolute atomic E-state index is 12.6. The van der Waals surface area contributed by atoms with Crippen LogP contribution in [0.4, 0.5) is 24.5 Å². The first-order valence-corrected chi connectivity index (χ1v) is 5.42. The topological polar surface area (TPSA) is 111 Å². The molecule has 7 nitrogen and oxygen atoms in total. The van der Waals surface area contributed by atoms with Crippen LogP contribution >= 0.6 is 0 Å². The Kier molecular flexibility index (Phi) is 3.61.